The minimum Gasteiger partial charge on any atom is -0.381 e. The van der Waals surface area contributed by atoms with Crippen LogP contribution in [0, 0.1) is 11.8 Å². The molecule has 1 aromatic carbocycles. The molecule has 1 aliphatic rings. The highest BCUT2D eigenvalue weighted by Gasteiger charge is 2.29. The molecule has 1 fully saturated rings. The highest BCUT2D eigenvalue weighted by Crippen LogP contribution is 2.30. The van der Waals surface area contributed by atoms with Gasteiger partial charge in [-0.2, -0.15) is 0 Å². The zero-order chi connectivity index (χ0) is 17.5. The molecule has 1 aromatic rings. The summed E-state index contributed by atoms with van der Waals surface area (Å²) in [6.45, 7) is 7.24. The Bertz CT molecular complexity index is 550. The normalized spacial score (nSPS) is 15.2. The lowest BCUT2D eigenvalue weighted by molar-refractivity contribution is -0.123. The van der Waals surface area contributed by atoms with Gasteiger partial charge in [-0.1, -0.05) is 26.0 Å². The molecule has 5 nitrogen and oxygen atoms in total. The van der Waals surface area contributed by atoms with Crippen LogP contribution < -0.4 is 10.6 Å². The lowest BCUT2D eigenvalue weighted by atomic mass is 10.1. The summed E-state index contributed by atoms with van der Waals surface area (Å²) in [4.78, 5) is 23.6. The minimum atomic E-state index is -0.0733. The lowest BCUT2D eigenvalue weighted by Crippen LogP contribution is -2.27. The number of hydrogen-bond donors (Lipinski definition) is 2. The van der Waals surface area contributed by atoms with Crippen LogP contribution in [0.5, 0.6) is 0 Å². The molecule has 2 amide bonds. The molecule has 0 radical (unpaired) electrons. The van der Waals surface area contributed by atoms with Gasteiger partial charge in [0.15, 0.2) is 0 Å². The molecular weight excluding hydrogens is 304 g/mol. The highest BCUT2D eigenvalue weighted by molar-refractivity contribution is 5.94. The van der Waals surface area contributed by atoms with Crippen LogP contribution in [0.1, 0.15) is 51.6 Å². The third-order valence-corrected chi connectivity index (χ3v) is 3.93. The number of hydrogen-bond acceptors (Lipinski definition) is 3. The average Bonchev–Trinajstić information content (AvgIpc) is 3.37. The summed E-state index contributed by atoms with van der Waals surface area (Å²) >= 11 is 0. The van der Waals surface area contributed by atoms with Crippen molar-refractivity contribution in [1.82, 2.24) is 5.32 Å². The Morgan fingerprint density at radius 3 is 2.42 bits per heavy atom. The summed E-state index contributed by atoms with van der Waals surface area (Å²) < 4.78 is 5.43. The van der Waals surface area contributed by atoms with Gasteiger partial charge in [-0.3, -0.25) is 9.59 Å². The van der Waals surface area contributed by atoms with Crippen molar-refractivity contribution < 1.29 is 14.3 Å². The second-order valence-corrected chi connectivity index (χ2v) is 6.89. The Hall–Kier alpha value is -1.88. The Morgan fingerprint density at radius 2 is 1.83 bits per heavy atom. The van der Waals surface area contributed by atoms with Gasteiger partial charge < -0.3 is 15.4 Å². The van der Waals surface area contributed by atoms with Crippen molar-refractivity contribution in [2.24, 2.45) is 11.8 Å². The van der Waals surface area contributed by atoms with Crippen LogP contribution in [-0.4, -0.2) is 25.0 Å². The van der Waals surface area contributed by atoms with E-state index in [2.05, 4.69) is 24.5 Å². The van der Waals surface area contributed by atoms with E-state index >= 15 is 0 Å². The quantitative estimate of drug-likeness (QED) is 0.682. The zero-order valence-corrected chi connectivity index (χ0v) is 14.8. The van der Waals surface area contributed by atoms with E-state index in [1.807, 2.05) is 31.2 Å². The largest absolute Gasteiger partial charge is 0.381 e. The molecule has 1 saturated carbocycles. The summed E-state index contributed by atoms with van der Waals surface area (Å²) in [6.07, 6.45) is 2.36. The van der Waals surface area contributed by atoms with Gasteiger partial charge in [0.05, 0.1) is 12.6 Å². The van der Waals surface area contributed by atoms with Gasteiger partial charge >= 0.3 is 0 Å². The van der Waals surface area contributed by atoms with Crippen molar-refractivity contribution >= 4 is 17.5 Å². The van der Waals surface area contributed by atoms with E-state index in [-0.39, 0.29) is 23.8 Å². The topological polar surface area (TPSA) is 67.4 Å². The van der Waals surface area contributed by atoms with Gasteiger partial charge in [0, 0.05) is 24.6 Å². The Morgan fingerprint density at radius 1 is 1.17 bits per heavy atom. The molecule has 132 valence electrons. The van der Waals surface area contributed by atoms with Crippen molar-refractivity contribution in [3.05, 3.63) is 29.8 Å². The van der Waals surface area contributed by atoms with Gasteiger partial charge in [0.2, 0.25) is 11.8 Å². The standard InChI is InChI=1S/C19H28N2O3/c1-13(2)12-24-11-10-18(22)20-14(3)15-6-8-17(9-7-15)21-19(23)16-4-5-16/h6-9,13-14,16H,4-5,10-12H2,1-3H3,(H,20,22)(H,21,23). The van der Waals surface area contributed by atoms with Crippen molar-refractivity contribution in [2.45, 2.75) is 46.1 Å². The molecule has 5 heteroatoms. The summed E-state index contributed by atoms with van der Waals surface area (Å²) in [5.41, 5.74) is 1.81. The first-order valence-corrected chi connectivity index (χ1v) is 8.73. The molecule has 0 spiro atoms. The second kappa shape index (κ2) is 8.83. The predicted octanol–water partition coefficient (Wildman–Crippen LogP) is 3.28. The lowest BCUT2D eigenvalue weighted by Gasteiger charge is -2.15. The molecular formula is C19H28N2O3. The van der Waals surface area contributed by atoms with E-state index in [1.165, 1.54) is 0 Å². The summed E-state index contributed by atoms with van der Waals surface area (Å²) in [5, 5.41) is 5.88. The maximum atomic E-state index is 11.9. The van der Waals surface area contributed by atoms with Gasteiger partial charge in [0.1, 0.15) is 0 Å². The first-order chi connectivity index (χ1) is 11.5. The Balaban J connectivity index is 1.73. The van der Waals surface area contributed by atoms with E-state index in [0.717, 1.165) is 24.1 Å². The van der Waals surface area contributed by atoms with Crippen LogP contribution in [0.15, 0.2) is 24.3 Å². The minimum absolute atomic E-state index is 0.0163. The fourth-order valence-corrected chi connectivity index (χ4v) is 2.33. The second-order valence-electron chi connectivity index (χ2n) is 6.89. The van der Waals surface area contributed by atoms with Crippen LogP contribution in [-0.2, 0) is 14.3 Å². The monoisotopic (exact) mass is 332 g/mol. The average molecular weight is 332 g/mol. The molecule has 0 saturated heterocycles. The molecule has 1 unspecified atom stereocenters. The van der Waals surface area contributed by atoms with E-state index in [0.29, 0.717) is 25.6 Å². The Kier molecular flexibility index (Phi) is 6.79. The molecule has 0 heterocycles. The predicted molar refractivity (Wildman–Crippen MR) is 94.6 cm³/mol. The molecule has 24 heavy (non-hydrogen) atoms. The Labute approximate surface area is 144 Å². The fourth-order valence-electron chi connectivity index (χ4n) is 2.33. The molecule has 2 rings (SSSR count). The zero-order valence-electron chi connectivity index (χ0n) is 14.8. The van der Waals surface area contributed by atoms with Gasteiger partial charge in [0.25, 0.3) is 0 Å². The number of amides is 2. The van der Waals surface area contributed by atoms with Crippen LogP contribution in [0.3, 0.4) is 0 Å². The highest BCUT2D eigenvalue weighted by atomic mass is 16.5. The molecule has 0 bridgehead atoms. The van der Waals surface area contributed by atoms with E-state index in [9.17, 15) is 9.59 Å². The van der Waals surface area contributed by atoms with E-state index in [4.69, 9.17) is 4.74 Å². The van der Waals surface area contributed by atoms with Crippen LogP contribution >= 0.6 is 0 Å². The summed E-state index contributed by atoms with van der Waals surface area (Å²) in [6, 6.07) is 7.55. The van der Waals surface area contributed by atoms with E-state index < -0.39 is 0 Å². The van der Waals surface area contributed by atoms with E-state index in [1.54, 1.807) is 0 Å². The van der Waals surface area contributed by atoms with Gasteiger partial charge in [-0.05, 0) is 43.4 Å². The fraction of sp³-hybridized carbons (Fsp3) is 0.579. The first kappa shape index (κ1) is 18.5. The third kappa shape index (κ3) is 6.32. The molecule has 2 N–H and O–H groups in total. The van der Waals surface area contributed by atoms with Gasteiger partial charge in [-0.15, -0.1) is 0 Å². The van der Waals surface area contributed by atoms with Crippen molar-refractivity contribution in [1.29, 1.82) is 0 Å². The number of ether oxygens (including phenoxy) is 1. The summed E-state index contributed by atoms with van der Waals surface area (Å²) in [7, 11) is 0. The molecule has 1 aliphatic carbocycles. The van der Waals surface area contributed by atoms with Crippen molar-refractivity contribution in [2.75, 3.05) is 18.5 Å². The number of carbonyl (C=O) groups is 2. The molecule has 0 aromatic heterocycles. The molecule has 0 aliphatic heterocycles. The van der Waals surface area contributed by atoms with Crippen LogP contribution in [0.4, 0.5) is 5.69 Å². The first-order valence-electron chi connectivity index (χ1n) is 8.73. The smallest absolute Gasteiger partial charge is 0.227 e. The maximum absolute atomic E-state index is 11.9. The van der Waals surface area contributed by atoms with Crippen molar-refractivity contribution in [3.8, 4) is 0 Å². The number of anilines is 1. The van der Waals surface area contributed by atoms with Gasteiger partial charge in [-0.25, -0.2) is 0 Å². The molecule has 1 atom stereocenters. The number of rotatable bonds is 9. The SMILES string of the molecule is CC(C)COCCC(=O)NC(C)c1ccc(NC(=O)C2CC2)cc1. The van der Waals surface area contributed by atoms with Crippen molar-refractivity contribution in [3.63, 3.8) is 0 Å². The summed E-state index contributed by atoms with van der Waals surface area (Å²) in [5.74, 6) is 0.759. The number of benzene rings is 1. The third-order valence-electron chi connectivity index (χ3n) is 3.93. The number of carbonyl (C=O) groups excluding carboxylic acids is 2. The number of nitrogens with one attached hydrogen (secondary N) is 2. The van der Waals surface area contributed by atoms with Crippen LogP contribution in [0.25, 0.3) is 0 Å². The van der Waals surface area contributed by atoms with Crippen LogP contribution in [0.2, 0.25) is 0 Å². The maximum Gasteiger partial charge on any atom is 0.227 e.